The van der Waals surface area contributed by atoms with Gasteiger partial charge in [-0.1, -0.05) is 38.1 Å². The molecule has 0 aliphatic heterocycles. The molecular weight excluding hydrogens is 1080 g/mol. The van der Waals surface area contributed by atoms with Gasteiger partial charge in [0.15, 0.2) is 23.1 Å². The topological polar surface area (TPSA) is 407 Å². The van der Waals surface area contributed by atoms with Gasteiger partial charge in [-0.25, -0.2) is 4.79 Å². The van der Waals surface area contributed by atoms with Gasteiger partial charge in [-0.2, -0.15) is 0 Å². The minimum absolute atomic E-state index is 0.0541. The first kappa shape index (κ1) is 69.7. The van der Waals surface area contributed by atoms with Crippen LogP contribution in [-0.4, -0.2) is 141 Å². The first-order valence-electron chi connectivity index (χ1n) is 25.7. The lowest BCUT2D eigenvalue weighted by molar-refractivity contribution is -0.384. The summed E-state index contributed by atoms with van der Waals surface area (Å²) >= 11 is 0. The van der Waals surface area contributed by atoms with Crippen LogP contribution in [0.25, 0.3) is 0 Å². The monoisotopic (exact) mass is 1150 g/mol. The quantitative estimate of drug-likeness (QED) is 0.0143. The molecule has 0 unspecified atom stereocenters. The van der Waals surface area contributed by atoms with Gasteiger partial charge in [-0.15, -0.1) is 0 Å². The zero-order valence-corrected chi connectivity index (χ0v) is 46.6. The molecule has 0 fully saturated rings. The van der Waals surface area contributed by atoms with Crippen molar-refractivity contribution in [2.75, 3.05) is 64.5 Å². The van der Waals surface area contributed by atoms with Crippen LogP contribution in [0, 0.1) is 33.8 Å². The maximum Gasteiger partial charge on any atom is 0.514 e. The molecule has 448 valence electrons. The second-order valence-corrected chi connectivity index (χ2v) is 18.8. The summed E-state index contributed by atoms with van der Waals surface area (Å²) in [4.78, 5) is 145. The van der Waals surface area contributed by atoms with Crippen molar-refractivity contribution >= 4 is 81.8 Å². The van der Waals surface area contributed by atoms with Crippen molar-refractivity contribution in [2.24, 2.45) is 35.1 Å². The second-order valence-electron chi connectivity index (χ2n) is 18.8. The van der Waals surface area contributed by atoms with E-state index >= 15 is 0 Å². The number of ketones is 4. The zero-order chi connectivity index (χ0) is 61.3. The molecule has 3 rings (SSSR count). The molecular formula is C55H73N7O20. The number of nitrogens with one attached hydrogen (secondary N) is 4. The molecule has 9 N–H and O–H groups in total. The fourth-order valence-corrected chi connectivity index (χ4v) is 7.13. The van der Waals surface area contributed by atoms with E-state index in [0.717, 1.165) is 0 Å². The van der Waals surface area contributed by atoms with Crippen LogP contribution in [0.5, 0.6) is 5.75 Å². The molecule has 0 spiro atoms. The average molecular weight is 1150 g/mol. The van der Waals surface area contributed by atoms with E-state index in [1.54, 1.807) is 43.3 Å². The number of methoxy groups -OCH3 is 2. The Balaban J connectivity index is 0.000000585. The Morgan fingerprint density at radius 2 is 0.951 bits per heavy atom. The highest BCUT2D eigenvalue weighted by Crippen LogP contribution is 2.21. The summed E-state index contributed by atoms with van der Waals surface area (Å²) in [7, 11) is 3.01. The number of ether oxygens (including phenoxy) is 6. The molecule has 0 aliphatic rings. The Kier molecular flexibility index (Phi) is 31.9. The van der Waals surface area contributed by atoms with Crippen molar-refractivity contribution < 1.29 is 91.2 Å². The van der Waals surface area contributed by atoms with Crippen molar-refractivity contribution in [3.8, 4) is 5.75 Å². The number of non-ortho nitro benzene ring substituents is 1. The third-order valence-corrected chi connectivity index (χ3v) is 11.8. The van der Waals surface area contributed by atoms with Crippen LogP contribution in [0.2, 0.25) is 0 Å². The van der Waals surface area contributed by atoms with Crippen molar-refractivity contribution in [2.45, 2.75) is 91.5 Å². The largest absolute Gasteiger partial charge is 0.514 e. The third-order valence-electron chi connectivity index (χ3n) is 11.8. The summed E-state index contributed by atoms with van der Waals surface area (Å²) in [6, 6.07) is 15.5. The van der Waals surface area contributed by atoms with Gasteiger partial charge in [0.1, 0.15) is 25.6 Å². The zero-order valence-electron chi connectivity index (χ0n) is 46.6. The number of nitro benzene ring substituents is 1. The van der Waals surface area contributed by atoms with E-state index in [1.807, 2.05) is 0 Å². The highest BCUT2D eigenvalue weighted by Gasteiger charge is 2.30. The van der Waals surface area contributed by atoms with E-state index in [1.165, 1.54) is 71.4 Å². The maximum atomic E-state index is 13.0. The molecule has 27 nitrogen and oxygen atoms in total. The summed E-state index contributed by atoms with van der Waals surface area (Å²) in [5.41, 5.74) is 12.3. The van der Waals surface area contributed by atoms with Gasteiger partial charge < -0.3 is 66.3 Å². The second kappa shape index (κ2) is 37.5. The van der Waals surface area contributed by atoms with Gasteiger partial charge in [-0.05, 0) is 61.4 Å². The molecule has 3 aromatic rings. The third kappa shape index (κ3) is 28.2. The lowest BCUT2D eigenvalue weighted by Crippen LogP contribution is -2.43. The number of benzene rings is 3. The number of nitrogens with zero attached hydrogens (tertiary/aromatic N) is 1. The fraction of sp³-hybridized carbons (Fsp3) is 0.473. The minimum Gasteiger partial charge on any atom is -0.429 e. The fourth-order valence-electron chi connectivity index (χ4n) is 7.13. The van der Waals surface area contributed by atoms with Crippen LogP contribution < -0.4 is 37.5 Å². The SMILES string of the molecule is COCCOCC(=O)C[C@@H](C)C(=O)N[C@@H](C)C(=O)C[C@@H](CC(N)=O)C(=O)Nc1ccc(CO)cc1.COCCOCC(=O)C[C@@H](C)C(=O)N[C@@H](C)C(=O)C[C@@H](CC(N)=O)C(=O)Nc1ccc(COC(=O)Oc2ccc([N+](=O)[O-])cc2)cc1. The Morgan fingerprint density at radius 1 is 0.549 bits per heavy atom. The molecule has 27 heteroatoms. The van der Waals surface area contributed by atoms with Gasteiger partial charge in [0.05, 0.1) is 61.9 Å². The standard InChI is InChI=1S/C31H38N4O12.C24H35N3O8/c1-19(14-25(36)18-45-13-12-44-3)29(39)33-20(2)27(37)15-22(16-28(32)38)30(40)34-23-6-4-21(5-7-23)17-46-31(41)47-26-10-8-24(9-11-26)35(42)43;1-15(10-20(29)14-35-9-8-34-3)23(32)26-16(2)21(30)11-18(12-22(25)31)24(33)27-19-6-4-17(13-28)5-7-19/h4-11,19-20,22H,12-18H2,1-3H3,(H2,32,38)(H,33,39)(H,34,40);4-7,15-16,18,28H,8-14H2,1-3H3,(H2,25,31)(H,26,32)(H,27,33)/t19-,20+,22+;15-,16+,18+/m11/s1. The van der Waals surface area contributed by atoms with Crippen LogP contribution in [0.1, 0.15) is 77.3 Å². The number of primary amides is 2. The molecule has 0 aromatic heterocycles. The van der Waals surface area contributed by atoms with Crippen molar-refractivity contribution in [1.82, 2.24) is 10.6 Å². The van der Waals surface area contributed by atoms with Crippen molar-refractivity contribution in [3.63, 3.8) is 0 Å². The number of carbonyl (C=O) groups is 11. The summed E-state index contributed by atoms with van der Waals surface area (Å²) in [5.74, 6) is -8.83. The van der Waals surface area contributed by atoms with Gasteiger partial charge in [0.2, 0.25) is 35.4 Å². The Hall–Kier alpha value is -8.37. The summed E-state index contributed by atoms with van der Waals surface area (Å²) in [5, 5.41) is 30.1. The smallest absolute Gasteiger partial charge is 0.429 e. The average Bonchev–Trinajstić information content (AvgIpc) is 3.48. The van der Waals surface area contributed by atoms with E-state index < -0.39 is 100 Å². The van der Waals surface area contributed by atoms with Crippen LogP contribution in [0.3, 0.4) is 0 Å². The van der Waals surface area contributed by atoms with Gasteiger partial charge >= 0.3 is 6.16 Å². The lowest BCUT2D eigenvalue weighted by atomic mass is 9.94. The minimum atomic E-state index is -1.13. The molecule has 0 bridgehead atoms. The predicted octanol–water partition coefficient (Wildman–Crippen LogP) is 2.79. The van der Waals surface area contributed by atoms with Gasteiger partial charge in [0, 0.05) is 88.1 Å². The molecule has 0 radical (unpaired) electrons. The number of amides is 6. The molecule has 0 aliphatic carbocycles. The van der Waals surface area contributed by atoms with Crippen molar-refractivity contribution in [3.05, 3.63) is 94.0 Å². The molecule has 82 heavy (non-hydrogen) atoms. The van der Waals surface area contributed by atoms with Gasteiger partial charge in [-0.3, -0.25) is 58.1 Å². The normalized spacial score (nSPS) is 12.9. The first-order valence-corrected chi connectivity index (χ1v) is 25.7. The van der Waals surface area contributed by atoms with E-state index in [-0.39, 0.29) is 94.7 Å². The highest BCUT2D eigenvalue weighted by atomic mass is 16.7. The number of aliphatic hydroxyl groups is 1. The Labute approximate surface area is 473 Å². The van der Waals surface area contributed by atoms with Gasteiger partial charge in [0.25, 0.3) is 5.69 Å². The number of nitro groups is 1. The number of rotatable bonds is 37. The lowest BCUT2D eigenvalue weighted by Gasteiger charge is -2.20. The van der Waals surface area contributed by atoms with E-state index in [2.05, 4.69) is 21.3 Å². The summed E-state index contributed by atoms with van der Waals surface area (Å²) in [6.07, 6.45) is -2.65. The van der Waals surface area contributed by atoms with E-state index in [9.17, 15) is 62.9 Å². The number of hydrogen-bond donors (Lipinski definition) is 7. The number of nitrogens with two attached hydrogens (primary N) is 2. The van der Waals surface area contributed by atoms with Crippen LogP contribution >= 0.6 is 0 Å². The van der Waals surface area contributed by atoms with Crippen LogP contribution in [0.15, 0.2) is 72.8 Å². The molecule has 0 saturated heterocycles. The highest BCUT2D eigenvalue weighted by molar-refractivity contribution is 6.00. The molecule has 0 saturated carbocycles. The van der Waals surface area contributed by atoms with E-state index in [4.69, 9.17) is 45.0 Å². The van der Waals surface area contributed by atoms with Crippen LogP contribution in [-0.2, 0) is 84.8 Å². The van der Waals surface area contributed by atoms with Crippen molar-refractivity contribution in [1.29, 1.82) is 0 Å². The van der Waals surface area contributed by atoms with Crippen LogP contribution in [0.4, 0.5) is 21.9 Å². The molecule has 0 heterocycles. The molecule has 3 aromatic carbocycles. The first-order chi connectivity index (χ1) is 38.8. The van der Waals surface area contributed by atoms with E-state index in [0.29, 0.717) is 35.7 Å². The molecule has 6 atom stereocenters. The number of hydrogen-bond acceptors (Lipinski definition) is 20. The number of anilines is 2. The Morgan fingerprint density at radius 3 is 1.32 bits per heavy atom. The predicted molar refractivity (Wildman–Crippen MR) is 292 cm³/mol. The molecule has 6 amide bonds. The number of Topliss-reactive ketones (excluding diaryl/α,β-unsaturated/α-hetero) is 4. The summed E-state index contributed by atoms with van der Waals surface area (Å²) in [6.45, 7) is 6.55. The number of aliphatic hydroxyl groups excluding tert-OH is 1. The Bertz CT molecular complexity index is 2630. The number of carbonyl (C=O) groups excluding carboxylic acids is 11. The summed E-state index contributed by atoms with van der Waals surface area (Å²) < 4.78 is 29.9. The maximum absolute atomic E-state index is 13.0.